The normalized spacial score (nSPS) is 13.8. The zero-order chi connectivity index (χ0) is 14.0. The summed E-state index contributed by atoms with van der Waals surface area (Å²) in [4.78, 5) is 2.72. The Balaban J connectivity index is 4.36. The van der Waals surface area contributed by atoms with Crippen LogP contribution in [0.5, 0.6) is 0 Å². The van der Waals surface area contributed by atoms with Crippen LogP contribution in [0.2, 0.25) is 0 Å². The van der Waals surface area contributed by atoms with Crippen LogP contribution in [-0.2, 0) is 0 Å². The number of likely N-dealkylation sites (N-methyl/N-ethyl adjacent to an activating group) is 1. The van der Waals surface area contributed by atoms with Gasteiger partial charge in [-0.05, 0) is 51.2 Å². The SMILES string of the molecule is CCCC(CNC)N(CCC(C)C)CCC(C)C. The molecule has 0 aliphatic heterocycles. The van der Waals surface area contributed by atoms with E-state index >= 15 is 0 Å². The lowest BCUT2D eigenvalue weighted by atomic mass is 10.0. The van der Waals surface area contributed by atoms with E-state index in [0.29, 0.717) is 0 Å². The van der Waals surface area contributed by atoms with E-state index in [0.717, 1.165) is 24.4 Å². The number of nitrogens with zero attached hydrogens (tertiary/aromatic N) is 1. The molecule has 2 nitrogen and oxygen atoms in total. The van der Waals surface area contributed by atoms with Gasteiger partial charge >= 0.3 is 0 Å². The van der Waals surface area contributed by atoms with Gasteiger partial charge in [0.2, 0.25) is 0 Å². The Hall–Kier alpha value is -0.0800. The highest BCUT2D eigenvalue weighted by Gasteiger charge is 2.17. The summed E-state index contributed by atoms with van der Waals surface area (Å²) in [5.41, 5.74) is 0. The molecule has 0 heterocycles. The standard InChI is InChI=1S/C16H36N2/c1-7-8-16(13-17-6)18(11-9-14(2)3)12-10-15(4)5/h14-17H,7-13H2,1-6H3. The fraction of sp³-hybridized carbons (Fsp3) is 1.00. The molecule has 18 heavy (non-hydrogen) atoms. The van der Waals surface area contributed by atoms with Gasteiger partial charge in [0.15, 0.2) is 0 Å². The second-order valence-corrected chi connectivity index (χ2v) is 6.40. The van der Waals surface area contributed by atoms with E-state index in [4.69, 9.17) is 0 Å². The average Bonchev–Trinajstić information content (AvgIpc) is 2.28. The second-order valence-electron chi connectivity index (χ2n) is 6.40. The molecule has 0 spiro atoms. The van der Waals surface area contributed by atoms with Crippen LogP contribution in [0.15, 0.2) is 0 Å². The maximum absolute atomic E-state index is 3.37. The molecule has 0 rings (SSSR count). The molecule has 0 bridgehead atoms. The third kappa shape index (κ3) is 8.93. The van der Waals surface area contributed by atoms with Gasteiger partial charge in [0.05, 0.1) is 0 Å². The number of rotatable bonds is 11. The van der Waals surface area contributed by atoms with Gasteiger partial charge in [0.25, 0.3) is 0 Å². The highest BCUT2D eigenvalue weighted by Crippen LogP contribution is 2.13. The Morgan fingerprint density at radius 2 is 1.39 bits per heavy atom. The quantitative estimate of drug-likeness (QED) is 0.605. The lowest BCUT2D eigenvalue weighted by Gasteiger charge is -2.32. The van der Waals surface area contributed by atoms with Crippen LogP contribution >= 0.6 is 0 Å². The number of hydrogen-bond donors (Lipinski definition) is 1. The van der Waals surface area contributed by atoms with Crippen molar-refractivity contribution in [3.63, 3.8) is 0 Å². The first-order valence-electron chi connectivity index (χ1n) is 7.89. The first-order chi connectivity index (χ1) is 8.51. The zero-order valence-corrected chi connectivity index (χ0v) is 13.6. The molecular formula is C16H36N2. The van der Waals surface area contributed by atoms with E-state index in [2.05, 4.69) is 51.9 Å². The molecule has 0 saturated carbocycles. The molecule has 0 aliphatic carbocycles. The van der Waals surface area contributed by atoms with Gasteiger partial charge < -0.3 is 5.32 Å². The molecule has 1 unspecified atom stereocenters. The maximum Gasteiger partial charge on any atom is 0.0220 e. The topological polar surface area (TPSA) is 15.3 Å². The van der Waals surface area contributed by atoms with Gasteiger partial charge in [-0.2, -0.15) is 0 Å². The zero-order valence-electron chi connectivity index (χ0n) is 13.6. The summed E-state index contributed by atoms with van der Waals surface area (Å²) in [6.07, 6.45) is 5.24. The first-order valence-corrected chi connectivity index (χ1v) is 7.89. The predicted molar refractivity (Wildman–Crippen MR) is 83.1 cm³/mol. The Labute approximate surface area is 116 Å². The number of hydrogen-bond acceptors (Lipinski definition) is 2. The van der Waals surface area contributed by atoms with E-state index in [-0.39, 0.29) is 0 Å². The van der Waals surface area contributed by atoms with E-state index in [1.54, 1.807) is 0 Å². The minimum absolute atomic E-state index is 0.720. The lowest BCUT2D eigenvalue weighted by molar-refractivity contribution is 0.165. The van der Waals surface area contributed by atoms with Crippen molar-refractivity contribution >= 4 is 0 Å². The van der Waals surface area contributed by atoms with Crippen molar-refractivity contribution in [1.82, 2.24) is 10.2 Å². The highest BCUT2D eigenvalue weighted by atomic mass is 15.2. The van der Waals surface area contributed by atoms with Crippen LogP contribution in [0.1, 0.15) is 60.3 Å². The fourth-order valence-electron chi connectivity index (χ4n) is 2.31. The summed E-state index contributed by atoms with van der Waals surface area (Å²) < 4.78 is 0. The van der Waals surface area contributed by atoms with Crippen molar-refractivity contribution in [2.45, 2.75) is 66.3 Å². The molecule has 1 atom stereocenters. The summed E-state index contributed by atoms with van der Waals surface area (Å²) in [6.45, 7) is 15.3. The molecular weight excluding hydrogens is 220 g/mol. The van der Waals surface area contributed by atoms with Crippen LogP contribution in [0.4, 0.5) is 0 Å². The van der Waals surface area contributed by atoms with E-state index in [1.807, 2.05) is 0 Å². The van der Waals surface area contributed by atoms with Crippen molar-refractivity contribution in [2.24, 2.45) is 11.8 Å². The third-order valence-electron chi connectivity index (χ3n) is 3.57. The van der Waals surface area contributed by atoms with Gasteiger partial charge in [0.1, 0.15) is 0 Å². The molecule has 1 N–H and O–H groups in total. The Bertz CT molecular complexity index is 160. The minimum Gasteiger partial charge on any atom is -0.318 e. The van der Waals surface area contributed by atoms with E-state index in [1.165, 1.54) is 38.8 Å². The second kappa shape index (κ2) is 10.8. The molecule has 0 aromatic rings. The highest BCUT2D eigenvalue weighted by molar-refractivity contribution is 4.74. The van der Waals surface area contributed by atoms with Crippen LogP contribution in [0.25, 0.3) is 0 Å². The van der Waals surface area contributed by atoms with Crippen LogP contribution in [0.3, 0.4) is 0 Å². The van der Waals surface area contributed by atoms with Gasteiger partial charge in [-0.1, -0.05) is 41.0 Å². The van der Waals surface area contributed by atoms with Crippen LogP contribution in [-0.4, -0.2) is 37.6 Å². The van der Waals surface area contributed by atoms with Crippen molar-refractivity contribution in [2.75, 3.05) is 26.7 Å². The molecule has 0 aromatic carbocycles. The van der Waals surface area contributed by atoms with Crippen molar-refractivity contribution < 1.29 is 0 Å². The molecule has 110 valence electrons. The minimum atomic E-state index is 0.720. The molecule has 0 aromatic heterocycles. The smallest absolute Gasteiger partial charge is 0.0220 e. The van der Waals surface area contributed by atoms with Crippen molar-refractivity contribution in [1.29, 1.82) is 0 Å². The van der Waals surface area contributed by atoms with Gasteiger partial charge in [0, 0.05) is 12.6 Å². The fourth-order valence-corrected chi connectivity index (χ4v) is 2.31. The molecule has 0 radical (unpaired) electrons. The average molecular weight is 256 g/mol. The lowest BCUT2D eigenvalue weighted by Crippen LogP contribution is -2.43. The van der Waals surface area contributed by atoms with E-state index < -0.39 is 0 Å². The van der Waals surface area contributed by atoms with Gasteiger partial charge in [-0.3, -0.25) is 4.90 Å². The monoisotopic (exact) mass is 256 g/mol. The summed E-state index contributed by atoms with van der Waals surface area (Å²) in [5, 5.41) is 3.37. The molecule has 0 saturated heterocycles. The Morgan fingerprint density at radius 1 is 0.889 bits per heavy atom. The molecule has 0 fully saturated rings. The molecule has 0 aliphatic rings. The van der Waals surface area contributed by atoms with Crippen LogP contribution in [0, 0.1) is 11.8 Å². The maximum atomic E-state index is 3.37. The first kappa shape index (κ1) is 17.9. The largest absolute Gasteiger partial charge is 0.318 e. The van der Waals surface area contributed by atoms with Crippen LogP contribution < -0.4 is 5.32 Å². The molecule has 2 heteroatoms. The predicted octanol–water partition coefficient (Wildman–Crippen LogP) is 3.77. The third-order valence-corrected chi connectivity index (χ3v) is 3.57. The van der Waals surface area contributed by atoms with Crippen molar-refractivity contribution in [3.8, 4) is 0 Å². The van der Waals surface area contributed by atoms with Crippen molar-refractivity contribution in [3.05, 3.63) is 0 Å². The number of nitrogens with one attached hydrogen (secondary N) is 1. The summed E-state index contributed by atoms with van der Waals surface area (Å²) in [6, 6.07) is 0.720. The van der Waals surface area contributed by atoms with Gasteiger partial charge in [-0.25, -0.2) is 0 Å². The Kier molecular flexibility index (Phi) is 10.8. The summed E-state index contributed by atoms with van der Waals surface area (Å²) in [7, 11) is 2.08. The summed E-state index contributed by atoms with van der Waals surface area (Å²) >= 11 is 0. The Morgan fingerprint density at radius 3 is 1.72 bits per heavy atom. The van der Waals surface area contributed by atoms with Gasteiger partial charge in [-0.15, -0.1) is 0 Å². The summed E-state index contributed by atoms with van der Waals surface area (Å²) in [5.74, 6) is 1.62. The van der Waals surface area contributed by atoms with E-state index in [9.17, 15) is 0 Å². The molecule has 0 amide bonds.